The SMILES string of the molecule is COC(=O)c1ccccc1-c1ccc2sc(C(=N)N)cc2c1. The van der Waals surface area contributed by atoms with Gasteiger partial charge in [-0.25, -0.2) is 4.79 Å². The first-order valence-corrected chi connectivity index (χ1v) is 7.47. The molecule has 1 aromatic heterocycles. The Morgan fingerprint density at radius 1 is 1.18 bits per heavy atom. The zero-order valence-electron chi connectivity index (χ0n) is 11.9. The van der Waals surface area contributed by atoms with Crippen molar-refractivity contribution in [3.05, 3.63) is 59.0 Å². The largest absolute Gasteiger partial charge is 0.465 e. The lowest BCUT2D eigenvalue weighted by Crippen LogP contribution is -2.08. The maximum atomic E-state index is 11.9. The van der Waals surface area contributed by atoms with Crippen molar-refractivity contribution >= 4 is 33.2 Å². The van der Waals surface area contributed by atoms with E-state index in [-0.39, 0.29) is 11.8 Å². The number of nitrogen functional groups attached to an aromatic ring is 1. The van der Waals surface area contributed by atoms with Gasteiger partial charge in [-0.3, -0.25) is 5.41 Å². The van der Waals surface area contributed by atoms with Crippen molar-refractivity contribution < 1.29 is 9.53 Å². The average molecular weight is 310 g/mol. The van der Waals surface area contributed by atoms with Gasteiger partial charge >= 0.3 is 5.97 Å². The number of nitrogens with one attached hydrogen (secondary N) is 1. The number of thiophene rings is 1. The molecule has 0 saturated heterocycles. The highest BCUT2D eigenvalue weighted by Gasteiger charge is 2.13. The van der Waals surface area contributed by atoms with Crippen LogP contribution in [0.25, 0.3) is 21.2 Å². The first-order valence-electron chi connectivity index (χ1n) is 6.66. The Hall–Kier alpha value is -2.66. The fraction of sp³-hybridized carbons (Fsp3) is 0.0588. The summed E-state index contributed by atoms with van der Waals surface area (Å²) in [4.78, 5) is 12.6. The van der Waals surface area contributed by atoms with Gasteiger partial charge in [-0.15, -0.1) is 11.3 Å². The van der Waals surface area contributed by atoms with E-state index in [0.717, 1.165) is 26.1 Å². The third kappa shape index (κ3) is 2.46. The van der Waals surface area contributed by atoms with Crippen molar-refractivity contribution in [2.75, 3.05) is 7.11 Å². The Kier molecular flexibility index (Phi) is 3.65. The molecule has 4 nitrogen and oxygen atoms in total. The molecule has 0 saturated carbocycles. The molecule has 1 heterocycles. The molecule has 0 unspecified atom stereocenters. The molecule has 0 radical (unpaired) electrons. The molecule has 0 fully saturated rings. The van der Waals surface area contributed by atoms with Gasteiger partial charge in [0.1, 0.15) is 5.84 Å². The van der Waals surface area contributed by atoms with Gasteiger partial charge in [0.15, 0.2) is 0 Å². The van der Waals surface area contributed by atoms with Crippen LogP contribution in [0.2, 0.25) is 0 Å². The predicted octanol–water partition coefficient (Wildman–Crippen LogP) is 3.64. The minimum atomic E-state index is -0.356. The number of carbonyl (C=O) groups excluding carboxylic acids is 1. The van der Waals surface area contributed by atoms with Crippen LogP contribution >= 0.6 is 11.3 Å². The molecule has 5 heteroatoms. The molecule has 3 N–H and O–H groups in total. The van der Waals surface area contributed by atoms with Gasteiger partial charge in [0, 0.05) is 4.70 Å². The summed E-state index contributed by atoms with van der Waals surface area (Å²) in [7, 11) is 1.38. The molecule has 0 bridgehead atoms. The minimum absolute atomic E-state index is 0.0673. The van der Waals surface area contributed by atoms with Gasteiger partial charge in [0.2, 0.25) is 0 Å². The maximum absolute atomic E-state index is 11.9. The molecule has 0 aliphatic heterocycles. The molecule has 0 amide bonds. The Balaban J connectivity index is 2.15. The Morgan fingerprint density at radius 2 is 1.95 bits per heavy atom. The fourth-order valence-corrected chi connectivity index (χ4v) is 3.27. The maximum Gasteiger partial charge on any atom is 0.338 e. The molecule has 0 atom stereocenters. The monoisotopic (exact) mass is 310 g/mol. The van der Waals surface area contributed by atoms with Crippen molar-refractivity contribution in [3.63, 3.8) is 0 Å². The summed E-state index contributed by atoms with van der Waals surface area (Å²) in [5, 5.41) is 8.53. The second kappa shape index (κ2) is 5.61. The summed E-state index contributed by atoms with van der Waals surface area (Å²) in [5.41, 5.74) is 7.83. The smallest absolute Gasteiger partial charge is 0.338 e. The van der Waals surface area contributed by atoms with Crippen molar-refractivity contribution in [1.29, 1.82) is 5.41 Å². The van der Waals surface area contributed by atoms with Crippen molar-refractivity contribution in [2.24, 2.45) is 5.73 Å². The zero-order chi connectivity index (χ0) is 15.7. The number of benzene rings is 2. The highest BCUT2D eigenvalue weighted by atomic mass is 32.1. The predicted molar refractivity (Wildman–Crippen MR) is 89.6 cm³/mol. The quantitative estimate of drug-likeness (QED) is 0.440. The van der Waals surface area contributed by atoms with E-state index in [9.17, 15) is 4.79 Å². The van der Waals surface area contributed by atoms with Gasteiger partial charge in [-0.05, 0) is 40.8 Å². The lowest BCUT2D eigenvalue weighted by atomic mass is 9.99. The number of carbonyl (C=O) groups is 1. The Bertz CT molecular complexity index is 883. The first-order chi connectivity index (χ1) is 10.6. The van der Waals surface area contributed by atoms with Crippen LogP contribution in [0, 0.1) is 5.41 Å². The van der Waals surface area contributed by atoms with Crippen LogP contribution in [0.5, 0.6) is 0 Å². The minimum Gasteiger partial charge on any atom is -0.465 e. The van der Waals surface area contributed by atoms with Crippen LogP contribution in [0.3, 0.4) is 0 Å². The van der Waals surface area contributed by atoms with Crippen molar-refractivity contribution in [3.8, 4) is 11.1 Å². The molecule has 22 heavy (non-hydrogen) atoms. The lowest BCUT2D eigenvalue weighted by Gasteiger charge is -2.08. The molecule has 2 aromatic carbocycles. The molecule has 3 rings (SSSR count). The number of amidine groups is 1. The number of ether oxygens (including phenoxy) is 1. The van der Waals surface area contributed by atoms with Crippen molar-refractivity contribution in [1.82, 2.24) is 0 Å². The van der Waals surface area contributed by atoms with E-state index in [1.54, 1.807) is 6.07 Å². The van der Waals surface area contributed by atoms with E-state index < -0.39 is 0 Å². The number of methoxy groups -OCH3 is 1. The van der Waals surface area contributed by atoms with Gasteiger partial charge in [-0.1, -0.05) is 24.3 Å². The van der Waals surface area contributed by atoms with E-state index >= 15 is 0 Å². The van der Waals surface area contributed by atoms with Crippen LogP contribution in [-0.4, -0.2) is 18.9 Å². The lowest BCUT2D eigenvalue weighted by molar-refractivity contribution is 0.0601. The van der Waals surface area contributed by atoms with Gasteiger partial charge in [-0.2, -0.15) is 0 Å². The highest BCUT2D eigenvalue weighted by molar-refractivity contribution is 7.20. The molecule has 110 valence electrons. The van der Waals surface area contributed by atoms with Crippen LogP contribution < -0.4 is 5.73 Å². The molecule has 0 spiro atoms. The Morgan fingerprint density at radius 3 is 2.68 bits per heavy atom. The number of fused-ring (bicyclic) bond motifs is 1. The molecule has 0 aliphatic rings. The summed E-state index contributed by atoms with van der Waals surface area (Å²) in [5.74, 6) is -0.289. The fourth-order valence-electron chi connectivity index (χ4n) is 2.37. The molecular formula is C17H14N2O2S. The molecule has 0 aliphatic carbocycles. The topological polar surface area (TPSA) is 76.2 Å². The standard InChI is InChI=1S/C17H14N2O2S/c1-21-17(20)13-5-3-2-4-12(13)10-6-7-14-11(8-10)9-15(22-14)16(18)19/h2-9H,1H3,(H3,18,19). The number of esters is 1. The highest BCUT2D eigenvalue weighted by Crippen LogP contribution is 2.31. The van der Waals surface area contributed by atoms with E-state index in [4.69, 9.17) is 15.9 Å². The van der Waals surface area contributed by atoms with E-state index in [0.29, 0.717) is 5.56 Å². The number of nitrogens with two attached hydrogens (primary N) is 1. The summed E-state index contributed by atoms with van der Waals surface area (Å²) >= 11 is 1.48. The number of hydrogen-bond acceptors (Lipinski definition) is 4. The molecular weight excluding hydrogens is 296 g/mol. The number of rotatable bonds is 3. The first kappa shape index (κ1) is 14.3. The average Bonchev–Trinajstić information content (AvgIpc) is 2.97. The van der Waals surface area contributed by atoms with Gasteiger partial charge in [0.25, 0.3) is 0 Å². The third-order valence-corrected chi connectivity index (χ3v) is 4.57. The van der Waals surface area contributed by atoms with Crippen LogP contribution in [0.1, 0.15) is 15.2 Å². The zero-order valence-corrected chi connectivity index (χ0v) is 12.7. The van der Waals surface area contributed by atoms with Crippen LogP contribution in [0.15, 0.2) is 48.5 Å². The molecule has 3 aromatic rings. The van der Waals surface area contributed by atoms with Crippen molar-refractivity contribution in [2.45, 2.75) is 0 Å². The van der Waals surface area contributed by atoms with Gasteiger partial charge in [0.05, 0.1) is 17.6 Å². The normalized spacial score (nSPS) is 10.6. The Labute approximate surface area is 131 Å². The van der Waals surface area contributed by atoms with Crippen LogP contribution in [-0.2, 0) is 4.74 Å². The van der Waals surface area contributed by atoms with Gasteiger partial charge < -0.3 is 10.5 Å². The second-order valence-electron chi connectivity index (χ2n) is 4.81. The summed E-state index contributed by atoms with van der Waals surface area (Å²) < 4.78 is 5.90. The van der Waals surface area contributed by atoms with E-state index in [1.165, 1.54) is 18.4 Å². The summed E-state index contributed by atoms with van der Waals surface area (Å²) in [6.07, 6.45) is 0. The summed E-state index contributed by atoms with van der Waals surface area (Å²) in [6, 6.07) is 15.2. The third-order valence-electron chi connectivity index (χ3n) is 3.43. The van der Waals surface area contributed by atoms with E-state index in [2.05, 4.69) is 0 Å². The van der Waals surface area contributed by atoms with Crippen LogP contribution in [0.4, 0.5) is 0 Å². The summed E-state index contributed by atoms with van der Waals surface area (Å²) in [6.45, 7) is 0. The number of hydrogen-bond donors (Lipinski definition) is 2. The second-order valence-corrected chi connectivity index (χ2v) is 5.90. The van der Waals surface area contributed by atoms with E-state index in [1.807, 2.05) is 42.5 Å².